The smallest absolute Gasteiger partial charge is 0.268 e. The van der Waals surface area contributed by atoms with E-state index in [-0.39, 0.29) is 11.6 Å². The molecule has 1 aromatic rings. The topological polar surface area (TPSA) is 34.9 Å². The third kappa shape index (κ3) is 2.06. The summed E-state index contributed by atoms with van der Waals surface area (Å²) in [5, 5.41) is 4.05. The van der Waals surface area contributed by atoms with E-state index >= 15 is 0 Å². The van der Waals surface area contributed by atoms with Crippen LogP contribution in [0.1, 0.15) is 26.3 Å². The minimum Gasteiger partial charge on any atom is -0.268 e. The monoisotopic (exact) mass is 278 g/mol. The Kier molecular flexibility index (Phi) is 3.25. The quantitative estimate of drug-likeness (QED) is 0.773. The normalized spacial score (nSPS) is 12.9. The summed E-state index contributed by atoms with van der Waals surface area (Å²) in [6.07, 6.45) is 2.63. The lowest BCUT2D eigenvalue weighted by Gasteiger charge is -2.09. The van der Waals surface area contributed by atoms with Gasteiger partial charge in [0.25, 0.3) is 5.56 Å². The Hall–Kier alpha value is -0.390. The highest BCUT2D eigenvalue weighted by Gasteiger charge is 2.04. The zero-order valence-electron chi connectivity index (χ0n) is 7.12. The van der Waals surface area contributed by atoms with Crippen molar-refractivity contribution in [1.29, 1.82) is 0 Å². The van der Waals surface area contributed by atoms with Crippen molar-refractivity contribution in [2.24, 2.45) is 0 Å². The van der Waals surface area contributed by atoms with Crippen LogP contribution in [0.15, 0.2) is 17.1 Å². The van der Waals surface area contributed by atoms with Gasteiger partial charge in [0.05, 0.1) is 12.2 Å². The van der Waals surface area contributed by atoms with Crippen LogP contribution in [0.25, 0.3) is 0 Å². The summed E-state index contributed by atoms with van der Waals surface area (Å²) in [4.78, 5) is 11.3. The number of hydrogen-bond donors (Lipinski definition) is 0. The van der Waals surface area contributed by atoms with E-state index in [1.165, 1.54) is 4.68 Å². The van der Waals surface area contributed by atoms with E-state index in [1.807, 2.05) is 13.8 Å². The SMILES string of the molecule is CCC(C)n1ncc(I)cc1=O. The first-order chi connectivity index (χ1) is 5.65. The van der Waals surface area contributed by atoms with Crippen LogP contribution in [-0.4, -0.2) is 9.78 Å². The Morgan fingerprint density at radius 1 is 1.75 bits per heavy atom. The number of nitrogens with zero attached hydrogens (tertiary/aromatic N) is 2. The Balaban J connectivity index is 3.10. The van der Waals surface area contributed by atoms with Crippen molar-refractivity contribution in [2.75, 3.05) is 0 Å². The van der Waals surface area contributed by atoms with Gasteiger partial charge in [-0.05, 0) is 35.9 Å². The van der Waals surface area contributed by atoms with Crippen molar-refractivity contribution in [2.45, 2.75) is 26.3 Å². The molecule has 0 aliphatic carbocycles. The van der Waals surface area contributed by atoms with E-state index in [0.717, 1.165) is 9.99 Å². The third-order valence-electron chi connectivity index (χ3n) is 1.80. The zero-order valence-corrected chi connectivity index (χ0v) is 9.28. The number of halogens is 1. The maximum Gasteiger partial charge on any atom is 0.268 e. The molecule has 0 radical (unpaired) electrons. The molecule has 1 unspecified atom stereocenters. The van der Waals surface area contributed by atoms with Gasteiger partial charge < -0.3 is 0 Å². The summed E-state index contributed by atoms with van der Waals surface area (Å²) in [7, 11) is 0. The van der Waals surface area contributed by atoms with Crippen molar-refractivity contribution in [3.63, 3.8) is 0 Å². The molecule has 1 atom stereocenters. The first-order valence-electron chi connectivity index (χ1n) is 3.89. The summed E-state index contributed by atoms with van der Waals surface area (Å²) in [6, 6.07) is 1.79. The fourth-order valence-electron chi connectivity index (χ4n) is 0.900. The molecule has 1 heterocycles. The zero-order chi connectivity index (χ0) is 9.14. The number of rotatable bonds is 2. The average Bonchev–Trinajstić information content (AvgIpc) is 2.03. The molecule has 66 valence electrons. The molecule has 1 aromatic heterocycles. The van der Waals surface area contributed by atoms with Crippen molar-refractivity contribution in [3.05, 3.63) is 26.2 Å². The standard InChI is InChI=1S/C8H11IN2O/c1-3-6(2)11-8(12)4-7(9)5-10-11/h4-6H,3H2,1-2H3. The Bertz CT molecular complexity index is 321. The molecule has 0 fully saturated rings. The van der Waals surface area contributed by atoms with Crippen LogP contribution in [0.2, 0.25) is 0 Å². The molecule has 0 aliphatic rings. The fourth-order valence-corrected chi connectivity index (χ4v) is 1.29. The summed E-state index contributed by atoms with van der Waals surface area (Å²) < 4.78 is 2.40. The van der Waals surface area contributed by atoms with Gasteiger partial charge in [-0.1, -0.05) is 6.92 Å². The molecular formula is C8H11IN2O. The summed E-state index contributed by atoms with van der Waals surface area (Å²) in [6.45, 7) is 4.03. The lowest BCUT2D eigenvalue weighted by atomic mass is 10.3. The maximum atomic E-state index is 11.3. The van der Waals surface area contributed by atoms with Gasteiger partial charge >= 0.3 is 0 Å². The van der Waals surface area contributed by atoms with E-state index in [4.69, 9.17) is 0 Å². The lowest BCUT2D eigenvalue weighted by Crippen LogP contribution is -2.24. The Morgan fingerprint density at radius 2 is 2.42 bits per heavy atom. The second-order valence-electron chi connectivity index (χ2n) is 2.71. The van der Waals surface area contributed by atoms with E-state index in [9.17, 15) is 4.79 Å². The summed E-state index contributed by atoms with van der Waals surface area (Å²) >= 11 is 2.08. The van der Waals surface area contributed by atoms with Crippen molar-refractivity contribution < 1.29 is 0 Å². The summed E-state index contributed by atoms with van der Waals surface area (Å²) in [5.41, 5.74) is -0.0174. The van der Waals surface area contributed by atoms with Crippen molar-refractivity contribution in [3.8, 4) is 0 Å². The van der Waals surface area contributed by atoms with Gasteiger partial charge in [-0.3, -0.25) is 4.79 Å². The number of hydrogen-bond acceptors (Lipinski definition) is 2. The molecule has 0 saturated carbocycles. The second kappa shape index (κ2) is 4.02. The highest BCUT2D eigenvalue weighted by Crippen LogP contribution is 2.05. The Morgan fingerprint density at radius 3 is 2.92 bits per heavy atom. The van der Waals surface area contributed by atoms with Crippen molar-refractivity contribution >= 4 is 22.6 Å². The predicted octanol–water partition coefficient (Wildman–Crippen LogP) is 1.82. The highest BCUT2D eigenvalue weighted by molar-refractivity contribution is 14.1. The molecule has 0 N–H and O–H groups in total. The molecule has 0 saturated heterocycles. The minimum absolute atomic E-state index is 0.0174. The van der Waals surface area contributed by atoms with Gasteiger partial charge in [-0.25, -0.2) is 4.68 Å². The van der Waals surface area contributed by atoms with E-state index in [0.29, 0.717) is 0 Å². The van der Waals surface area contributed by atoms with E-state index in [1.54, 1.807) is 12.3 Å². The minimum atomic E-state index is -0.0174. The van der Waals surface area contributed by atoms with Gasteiger partial charge in [0.15, 0.2) is 0 Å². The molecule has 0 amide bonds. The first kappa shape index (κ1) is 9.70. The molecule has 0 aliphatic heterocycles. The first-order valence-corrected chi connectivity index (χ1v) is 4.97. The molecule has 4 heteroatoms. The highest BCUT2D eigenvalue weighted by atomic mass is 127. The largest absolute Gasteiger partial charge is 0.268 e. The molecular weight excluding hydrogens is 267 g/mol. The van der Waals surface area contributed by atoms with Crippen LogP contribution < -0.4 is 5.56 Å². The van der Waals surface area contributed by atoms with Crippen LogP contribution in [-0.2, 0) is 0 Å². The van der Waals surface area contributed by atoms with Crippen LogP contribution in [0.5, 0.6) is 0 Å². The van der Waals surface area contributed by atoms with Crippen LogP contribution >= 0.6 is 22.6 Å². The molecule has 1 rings (SSSR count). The van der Waals surface area contributed by atoms with Crippen molar-refractivity contribution in [1.82, 2.24) is 9.78 Å². The predicted molar refractivity (Wildman–Crippen MR) is 56.2 cm³/mol. The van der Waals surface area contributed by atoms with Gasteiger partial charge in [-0.2, -0.15) is 5.10 Å². The summed E-state index contributed by atoms with van der Waals surface area (Å²) in [5.74, 6) is 0. The van der Waals surface area contributed by atoms with Gasteiger partial charge in [0, 0.05) is 9.64 Å². The van der Waals surface area contributed by atoms with Crippen LogP contribution in [0, 0.1) is 3.57 Å². The maximum absolute atomic E-state index is 11.3. The van der Waals surface area contributed by atoms with Gasteiger partial charge in [-0.15, -0.1) is 0 Å². The van der Waals surface area contributed by atoms with E-state index in [2.05, 4.69) is 27.7 Å². The van der Waals surface area contributed by atoms with Gasteiger partial charge in [0.2, 0.25) is 0 Å². The average molecular weight is 278 g/mol. The molecule has 0 spiro atoms. The lowest BCUT2D eigenvalue weighted by molar-refractivity contribution is 0.453. The van der Waals surface area contributed by atoms with Gasteiger partial charge in [0.1, 0.15) is 0 Å². The van der Waals surface area contributed by atoms with E-state index < -0.39 is 0 Å². The molecule has 12 heavy (non-hydrogen) atoms. The molecule has 3 nitrogen and oxygen atoms in total. The second-order valence-corrected chi connectivity index (χ2v) is 3.96. The number of aromatic nitrogens is 2. The third-order valence-corrected chi connectivity index (χ3v) is 2.39. The molecule has 0 bridgehead atoms. The van der Waals surface area contributed by atoms with Crippen LogP contribution in [0.4, 0.5) is 0 Å². The van der Waals surface area contributed by atoms with Crippen LogP contribution in [0.3, 0.4) is 0 Å². The Labute approximate surface area is 84.9 Å². The fraction of sp³-hybridized carbons (Fsp3) is 0.500. The molecule has 0 aromatic carbocycles.